The summed E-state index contributed by atoms with van der Waals surface area (Å²) in [5.41, 5.74) is 0.321. The molecule has 5 heteroatoms. The standard InChI is InChI=1S/C32H40F4O/c1-4-37-28-18-17-26(30(34)32(28)36)27-19-21(3)25(29(33)31(27)35)16-15-24-13-11-23(12-14-24)10-9-22-7-5-20(2)6-8-22/h9-10,17-20,22-24H,4-8,11-16H2,1-3H3/b10-9+. The first-order valence-corrected chi connectivity index (χ1v) is 14.0. The molecule has 2 aromatic rings. The lowest BCUT2D eigenvalue weighted by molar-refractivity contribution is 0.292. The summed E-state index contributed by atoms with van der Waals surface area (Å²) in [4.78, 5) is 0. The minimum absolute atomic E-state index is 0.171. The Bertz CT molecular complexity index is 1090. The molecule has 2 aliphatic carbocycles. The Labute approximate surface area is 219 Å². The second kappa shape index (κ2) is 12.5. The zero-order valence-electron chi connectivity index (χ0n) is 22.4. The van der Waals surface area contributed by atoms with Crippen LogP contribution in [0.15, 0.2) is 30.4 Å². The highest BCUT2D eigenvalue weighted by atomic mass is 19.2. The Kier molecular flexibility index (Phi) is 9.36. The van der Waals surface area contributed by atoms with E-state index < -0.39 is 23.3 Å². The topological polar surface area (TPSA) is 9.23 Å². The van der Waals surface area contributed by atoms with Crippen molar-refractivity contribution in [1.29, 1.82) is 0 Å². The van der Waals surface area contributed by atoms with Crippen LogP contribution in [0, 0.1) is 53.9 Å². The van der Waals surface area contributed by atoms with Crippen LogP contribution in [0.3, 0.4) is 0 Å². The third-order valence-corrected chi connectivity index (χ3v) is 8.58. The molecular weight excluding hydrogens is 476 g/mol. The first-order chi connectivity index (χ1) is 17.8. The van der Waals surface area contributed by atoms with Gasteiger partial charge in [-0.3, -0.25) is 0 Å². The van der Waals surface area contributed by atoms with Crippen LogP contribution in [-0.2, 0) is 6.42 Å². The highest BCUT2D eigenvalue weighted by Gasteiger charge is 2.25. The lowest BCUT2D eigenvalue weighted by Crippen LogP contribution is -2.15. The summed E-state index contributed by atoms with van der Waals surface area (Å²) < 4.78 is 64.3. The number of benzene rings is 2. The molecule has 37 heavy (non-hydrogen) atoms. The van der Waals surface area contributed by atoms with Gasteiger partial charge in [-0.25, -0.2) is 13.2 Å². The van der Waals surface area contributed by atoms with Gasteiger partial charge in [0.05, 0.1) is 6.61 Å². The van der Waals surface area contributed by atoms with Gasteiger partial charge in [-0.1, -0.05) is 31.9 Å². The van der Waals surface area contributed by atoms with Crippen molar-refractivity contribution in [2.75, 3.05) is 6.61 Å². The van der Waals surface area contributed by atoms with Crippen LogP contribution in [-0.4, -0.2) is 6.61 Å². The highest BCUT2D eigenvalue weighted by Crippen LogP contribution is 2.37. The Balaban J connectivity index is 1.36. The summed E-state index contributed by atoms with van der Waals surface area (Å²) in [7, 11) is 0. The second-order valence-electron chi connectivity index (χ2n) is 11.2. The highest BCUT2D eigenvalue weighted by molar-refractivity contribution is 5.67. The maximum Gasteiger partial charge on any atom is 0.201 e. The molecule has 0 atom stereocenters. The van der Waals surface area contributed by atoms with Gasteiger partial charge in [0.15, 0.2) is 23.2 Å². The molecule has 2 aliphatic rings. The van der Waals surface area contributed by atoms with Crippen LogP contribution in [0.1, 0.15) is 82.8 Å². The molecule has 0 radical (unpaired) electrons. The molecule has 0 bridgehead atoms. The summed E-state index contributed by atoms with van der Waals surface area (Å²) in [6, 6.07) is 3.92. The van der Waals surface area contributed by atoms with Crippen molar-refractivity contribution in [2.24, 2.45) is 23.7 Å². The quantitative estimate of drug-likeness (QED) is 0.251. The number of ether oxygens (including phenoxy) is 1. The molecule has 2 fully saturated rings. The fourth-order valence-electron chi connectivity index (χ4n) is 6.11. The molecule has 4 rings (SSSR count). The molecule has 2 saturated carbocycles. The zero-order chi connectivity index (χ0) is 26.5. The SMILES string of the molecule is CCOc1ccc(-c2cc(C)c(CCC3CCC(/C=C/C4CCC(C)CC4)CC3)c(F)c2F)c(F)c1F. The van der Waals surface area contributed by atoms with Crippen molar-refractivity contribution >= 4 is 0 Å². The Morgan fingerprint density at radius 2 is 1.38 bits per heavy atom. The summed E-state index contributed by atoms with van der Waals surface area (Å²) in [5, 5.41) is 0. The number of hydrogen-bond acceptors (Lipinski definition) is 1. The third kappa shape index (κ3) is 6.59. The molecule has 0 unspecified atom stereocenters. The fraction of sp³-hybridized carbons (Fsp3) is 0.562. The zero-order valence-corrected chi connectivity index (χ0v) is 22.4. The minimum atomic E-state index is -1.24. The second-order valence-corrected chi connectivity index (χ2v) is 11.2. The first kappa shape index (κ1) is 27.7. The largest absolute Gasteiger partial charge is 0.491 e. The monoisotopic (exact) mass is 516 g/mol. The summed E-state index contributed by atoms with van der Waals surface area (Å²) in [5.74, 6) is -2.02. The van der Waals surface area contributed by atoms with E-state index in [1.54, 1.807) is 13.8 Å². The van der Waals surface area contributed by atoms with Crippen LogP contribution >= 0.6 is 0 Å². The summed E-state index contributed by atoms with van der Waals surface area (Å²) in [6.45, 7) is 5.88. The van der Waals surface area contributed by atoms with E-state index in [1.807, 2.05) is 0 Å². The summed E-state index contributed by atoms with van der Waals surface area (Å²) in [6.07, 6.45) is 16.0. The van der Waals surface area contributed by atoms with E-state index in [-0.39, 0.29) is 23.5 Å². The normalized spacial score (nSPS) is 24.5. The van der Waals surface area contributed by atoms with E-state index in [9.17, 15) is 8.78 Å². The molecule has 202 valence electrons. The Morgan fingerprint density at radius 3 is 2.00 bits per heavy atom. The van der Waals surface area contributed by atoms with E-state index in [1.165, 1.54) is 43.9 Å². The van der Waals surface area contributed by atoms with E-state index in [0.29, 0.717) is 29.4 Å². The molecule has 0 N–H and O–H groups in total. The number of allylic oxidation sites excluding steroid dienone is 2. The lowest BCUT2D eigenvalue weighted by atomic mass is 9.78. The van der Waals surface area contributed by atoms with E-state index in [0.717, 1.165) is 43.9 Å². The molecule has 1 nitrogen and oxygen atoms in total. The van der Waals surface area contributed by atoms with Gasteiger partial charge < -0.3 is 4.74 Å². The number of aryl methyl sites for hydroxylation is 1. The van der Waals surface area contributed by atoms with Gasteiger partial charge in [-0.15, -0.1) is 0 Å². The number of halogens is 4. The van der Waals surface area contributed by atoms with Crippen LogP contribution < -0.4 is 4.74 Å². The third-order valence-electron chi connectivity index (χ3n) is 8.58. The van der Waals surface area contributed by atoms with Crippen molar-refractivity contribution in [2.45, 2.75) is 85.0 Å². The van der Waals surface area contributed by atoms with Crippen LogP contribution in [0.2, 0.25) is 0 Å². The van der Waals surface area contributed by atoms with Gasteiger partial charge in [0.25, 0.3) is 0 Å². The van der Waals surface area contributed by atoms with Gasteiger partial charge in [0.1, 0.15) is 0 Å². The van der Waals surface area contributed by atoms with Gasteiger partial charge in [0.2, 0.25) is 5.82 Å². The molecule has 0 amide bonds. The van der Waals surface area contributed by atoms with Crippen molar-refractivity contribution in [1.82, 2.24) is 0 Å². The predicted molar refractivity (Wildman–Crippen MR) is 142 cm³/mol. The lowest BCUT2D eigenvalue weighted by Gasteiger charge is -2.28. The van der Waals surface area contributed by atoms with E-state index in [2.05, 4.69) is 19.1 Å². The first-order valence-electron chi connectivity index (χ1n) is 14.0. The Morgan fingerprint density at radius 1 is 0.784 bits per heavy atom. The maximum absolute atomic E-state index is 15.1. The number of rotatable bonds is 8. The smallest absolute Gasteiger partial charge is 0.201 e. The van der Waals surface area contributed by atoms with Gasteiger partial charge in [0, 0.05) is 11.1 Å². The predicted octanol–water partition coefficient (Wildman–Crippen LogP) is 9.74. The molecule has 0 spiro atoms. The molecule has 0 heterocycles. The van der Waals surface area contributed by atoms with Crippen molar-refractivity contribution < 1.29 is 22.3 Å². The van der Waals surface area contributed by atoms with Crippen LogP contribution in [0.4, 0.5) is 17.6 Å². The van der Waals surface area contributed by atoms with Gasteiger partial charge in [-0.2, -0.15) is 4.39 Å². The maximum atomic E-state index is 15.1. The van der Waals surface area contributed by atoms with Crippen LogP contribution in [0.5, 0.6) is 5.75 Å². The van der Waals surface area contributed by atoms with E-state index in [4.69, 9.17) is 4.74 Å². The van der Waals surface area contributed by atoms with Crippen LogP contribution in [0.25, 0.3) is 11.1 Å². The molecule has 0 saturated heterocycles. The van der Waals surface area contributed by atoms with Crippen molar-refractivity contribution in [3.05, 3.63) is 64.7 Å². The summed E-state index contributed by atoms with van der Waals surface area (Å²) >= 11 is 0. The molecule has 0 aliphatic heterocycles. The average Bonchev–Trinajstić information content (AvgIpc) is 2.90. The molecular formula is C32H40F4O. The molecule has 0 aromatic heterocycles. The minimum Gasteiger partial charge on any atom is -0.491 e. The van der Waals surface area contributed by atoms with Gasteiger partial charge >= 0.3 is 0 Å². The Hall–Kier alpha value is -2.30. The van der Waals surface area contributed by atoms with Crippen molar-refractivity contribution in [3.63, 3.8) is 0 Å². The average molecular weight is 517 g/mol. The van der Waals surface area contributed by atoms with E-state index >= 15 is 8.78 Å². The van der Waals surface area contributed by atoms with Gasteiger partial charge in [-0.05, 0) is 118 Å². The molecule has 2 aromatic carbocycles. The van der Waals surface area contributed by atoms with Crippen molar-refractivity contribution in [3.8, 4) is 16.9 Å². The number of hydrogen-bond donors (Lipinski definition) is 0. The fourth-order valence-corrected chi connectivity index (χ4v) is 6.11.